The van der Waals surface area contributed by atoms with Crippen molar-refractivity contribution in [2.24, 2.45) is 0 Å². The number of fused-ring (bicyclic) bond motifs is 2. The minimum atomic E-state index is -0.115. The van der Waals surface area contributed by atoms with Gasteiger partial charge in [0.1, 0.15) is 18.2 Å². The molecule has 0 amide bonds. The van der Waals surface area contributed by atoms with E-state index >= 15 is 0 Å². The summed E-state index contributed by atoms with van der Waals surface area (Å²) < 4.78 is 22.3. The van der Waals surface area contributed by atoms with Gasteiger partial charge < -0.3 is 23.8 Å². The van der Waals surface area contributed by atoms with Gasteiger partial charge in [0.25, 0.3) is 0 Å². The number of ether oxygens (including phenoxy) is 4. The molecule has 0 saturated carbocycles. The summed E-state index contributed by atoms with van der Waals surface area (Å²) in [6.07, 6.45) is 1.44. The summed E-state index contributed by atoms with van der Waals surface area (Å²) in [5.41, 5.74) is 0.783. The number of alkyl halides is 1. The Hall–Kier alpha value is -1.83. The molecule has 0 spiro atoms. The van der Waals surface area contributed by atoms with Crippen LogP contribution in [0.25, 0.3) is 10.9 Å². The lowest BCUT2D eigenvalue weighted by molar-refractivity contribution is 0.0633. The number of hydrogen-bond acceptors (Lipinski definition) is 7. The van der Waals surface area contributed by atoms with Crippen molar-refractivity contribution in [3.05, 3.63) is 18.5 Å². The van der Waals surface area contributed by atoms with E-state index in [0.717, 1.165) is 16.7 Å². The van der Waals surface area contributed by atoms with Crippen LogP contribution in [0.1, 0.15) is 0 Å². The summed E-state index contributed by atoms with van der Waals surface area (Å²) in [7, 11) is 4.91. The zero-order valence-corrected chi connectivity index (χ0v) is 15.1. The summed E-state index contributed by atoms with van der Waals surface area (Å²) in [4.78, 5) is 11.1. The molecule has 1 aromatic heterocycles. The lowest BCUT2D eigenvalue weighted by Gasteiger charge is -2.28. The predicted octanol–water partition coefficient (Wildman–Crippen LogP) is 1.86. The van der Waals surface area contributed by atoms with Crippen molar-refractivity contribution in [2.45, 2.75) is 23.6 Å². The van der Waals surface area contributed by atoms with Gasteiger partial charge in [0.2, 0.25) is 0 Å². The average Bonchev–Trinajstić information content (AvgIpc) is 3.21. The van der Waals surface area contributed by atoms with E-state index < -0.39 is 0 Å². The van der Waals surface area contributed by atoms with E-state index in [1.54, 1.807) is 27.7 Å². The first-order chi connectivity index (χ1) is 12.2. The van der Waals surface area contributed by atoms with E-state index in [0.29, 0.717) is 24.7 Å². The minimum absolute atomic E-state index is 0.0266. The molecule has 1 aromatic carbocycles. The molecule has 2 aromatic rings. The summed E-state index contributed by atoms with van der Waals surface area (Å²) in [5, 5.41) is 0.765. The third kappa shape index (κ3) is 2.58. The van der Waals surface area contributed by atoms with Gasteiger partial charge in [-0.05, 0) is 6.07 Å². The lowest BCUT2D eigenvalue weighted by Crippen LogP contribution is -2.42. The van der Waals surface area contributed by atoms with Gasteiger partial charge >= 0.3 is 0 Å². The smallest absolute Gasteiger partial charge is 0.162 e. The summed E-state index contributed by atoms with van der Waals surface area (Å²) in [5.74, 6) is 2.07. The molecule has 0 aliphatic carbocycles. The summed E-state index contributed by atoms with van der Waals surface area (Å²) >= 11 is 6.53. The van der Waals surface area contributed by atoms with Gasteiger partial charge in [-0.3, -0.25) is 0 Å². The lowest BCUT2D eigenvalue weighted by atomic mass is 10.1. The van der Waals surface area contributed by atoms with E-state index in [-0.39, 0.29) is 23.6 Å². The first-order valence-electron chi connectivity index (χ1n) is 8.09. The number of halogens is 1. The molecule has 4 rings (SSSR count). The largest absolute Gasteiger partial charge is 0.493 e. The molecule has 8 heteroatoms. The summed E-state index contributed by atoms with van der Waals surface area (Å²) in [6, 6.07) is 3.78. The van der Waals surface area contributed by atoms with Crippen LogP contribution in [-0.4, -0.2) is 68.1 Å². The van der Waals surface area contributed by atoms with Crippen LogP contribution >= 0.6 is 11.6 Å². The molecular weight excluding hydrogens is 346 g/mol. The van der Waals surface area contributed by atoms with E-state index in [4.69, 9.17) is 30.5 Å². The van der Waals surface area contributed by atoms with Crippen LogP contribution in [0.2, 0.25) is 0 Å². The van der Waals surface area contributed by atoms with Crippen molar-refractivity contribution in [3.8, 4) is 11.5 Å². The maximum atomic E-state index is 6.53. The molecule has 2 fully saturated rings. The Labute approximate surface area is 150 Å². The summed E-state index contributed by atoms with van der Waals surface area (Å²) in [6.45, 7) is 1.17. The van der Waals surface area contributed by atoms with Crippen LogP contribution in [0, 0.1) is 0 Å². The Morgan fingerprint density at radius 1 is 1.16 bits per heavy atom. The zero-order chi connectivity index (χ0) is 17.6. The maximum absolute atomic E-state index is 6.53. The van der Waals surface area contributed by atoms with E-state index in [1.165, 1.54) is 0 Å². The molecule has 0 bridgehead atoms. The highest BCUT2D eigenvalue weighted by atomic mass is 35.5. The second kappa shape index (κ2) is 6.48. The molecule has 134 valence electrons. The first kappa shape index (κ1) is 16.6. The number of nitrogens with zero attached hydrogens (tertiary/aromatic N) is 3. The highest BCUT2D eigenvalue weighted by Crippen LogP contribution is 2.40. The standard InChI is InChI=1S/C17H20ClN3O4/c1-22-12-4-9-11(5-13(12)23-2)19-8-20-17(9)21-6-10(18)16-15(21)14(24-3)7-25-16/h4-5,8,10,14-16H,6-7H2,1-3H3/t10-,14-,15+,16+/m1/s1. The van der Waals surface area contributed by atoms with E-state index in [2.05, 4.69) is 14.9 Å². The van der Waals surface area contributed by atoms with Gasteiger partial charge in [0.05, 0.1) is 43.9 Å². The van der Waals surface area contributed by atoms with Gasteiger partial charge in [0, 0.05) is 25.1 Å². The fourth-order valence-corrected chi connectivity index (χ4v) is 4.13. The molecular formula is C17H20ClN3O4. The van der Waals surface area contributed by atoms with Crippen LogP contribution in [0.3, 0.4) is 0 Å². The van der Waals surface area contributed by atoms with Crippen molar-refractivity contribution < 1.29 is 18.9 Å². The quantitative estimate of drug-likeness (QED) is 0.766. The fraction of sp³-hybridized carbons (Fsp3) is 0.529. The number of hydrogen-bond donors (Lipinski definition) is 0. The third-order valence-electron chi connectivity index (χ3n) is 4.95. The topological polar surface area (TPSA) is 65.9 Å². The molecule has 2 aliphatic heterocycles. The van der Waals surface area contributed by atoms with Crippen molar-refractivity contribution >= 4 is 28.3 Å². The van der Waals surface area contributed by atoms with Gasteiger partial charge in [-0.1, -0.05) is 0 Å². The zero-order valence-electron chi connectivity index (χ0n) is 14.3. The van der Waals surface area contributed by atoms with Crippen molar-refractivity contribution in [1.29, 1.82) is 0 Å². The Morgan fingerprint density at radius 2 is 1.92 bits per heavy atom. The molecule has 2 saturated heterocycles. The van der Waals surface area contributed by atoms with Crippen LogP contribution in [0.4, 0.5) is 5.82 Å². The average molecular weight is 366 g/mol. The Bertz CT molecular complexity index is 790. The first-order valence-corrected chi connectivity index (χ1v) is 8.53. The number of benzene rings is 1. The van der Waals surface area contributed by atoms with Crippen molar-refractivity contribution in [2.75, 3.05) is 39.4 Å². The van der Waals surface area contributed by atoms with Crippen molar-refractivity contribution in [1.82, 2.24) is 9.97 Å². The van der Waals surface area contributed by atoms with E-state index in [1.807, 2.05) is 12.1 Å². The van der Waals surface area contributed by atoms with Gasteiger partial charge in [-0.2, -0.15) is 0 Å². The Morgan fingerprint density at radius 3 is 2.64 bits per heavy atom. The number of aromatic nitrogens is 2. The van der Waals surface area contributed by atoms with Gasteiger partial charge in [0.15, 0.2) is 11.5 Å². The molecule has 0 N–H and O–H groups in total. The normalized spacial score (nSPS) is 28.4. The highest BCUT2D eigenvalue weighted by Gasteiger charge is 2.51. The molecule has 4 atom stereocenters. The number of anilines is 1. The van der Waals surface area contributed by atoms with Crippen LogP contribution in [-0.2, 0) is 9.47 Å². The molecule has 0 unspecified atom stereocenters. The number of methoxy groups -OCH3 is 3. The fourth-order valence-electron chi connectivity index (χ4n) is 3.76. The van der Waals surface area contributed by atoms with Gasteiger partial charge in [-0.25, -0.2) is 9.97 Å². The molecule has 7 nitrogen and oxygen atoms in total. The van der Waals surface area contributed by atoms with Crippen LogP contribution in [0.15, 0.2) is 18.5 Å². The SMILES string of the molecule is COc1cc2ncnc(N3C[C@@H](Cl)[C@@H]4OC[C@@H](OC)[C@@H]43)c2cc1OC. The molecule has 25 heavy (non-hydrogen) atoms. The van der Waals surface area contributed by atoms with Gasteiger partial charge in [-0.15, -0.1) is 11.6 Å². The van der Waals surface area contributed by atoms with Crippen molar-refractivity contribution in [3.63, 3.8) is 0 Å². The third-order valence-corrected chi connectivity index (χ3v) is 5.34. The Kier molecular flexibility index (Phi) is 4.31. The number of rotatable bonds is 4. The molecule has 3 heterocycles. The Balaban J connectivity index is 1.83. The van der Waals surface area contributed by atoms with E-state index in [9.17, 15) is 0 Å². The molecule has 2 aliphatic rings. The van der Waals surface area contributed by atoms with Crippen LogP contribution < -0.4 is 14.4 Å². The predicted molar refractivity (Wildman–Crippen MR) is 94.0 cm³/mol. The van der Waals surface area contributed by atoms with Crippen LogP contribution in [0.5, 0.6) is 11.5 Å². The highest BCUT2D eigenvalue weighted by molar-refractivity contribution is 6.22. The maximum Gasteiger partial charge on any atom is 0.162 e. The second-order valence-corrected chi connectivity index (χ2v) is 6.71. The monoisotopic (exact) mass is 365 g/mol. The minimum Gasteiger partial charge on any atom is -0.493 e. The second-order valence-electron chi connectivity index (χ2n) is 6.15. The molecule has 0 radical (unpaired) electrons.